The van der Waals surface area contributed by atoms with Crippen LogP contribution in [0.25, 0.3) is 0 Å². The molecule has 0 aliphatic carbocycles. The third kappa shape index (κ3) is 7.29. The van der Waals surface area contributed by atoms with Crippen molar-refractivity contribution in [3.8, 4) is 17.2 Å². The Kier molecular flexibility index (Phi) is 9.68. The number of benzene rings is 2. The van der Waals surface area contributed by atoms with E-state index in [9.17, 15) is 13.5 Å². The molecule has 1 N–H and O–H groups in total. The Morgan fingerprint density at radius 2 is 1.77 bits per heavy atom. The second-order valence-corrected chi connectivity index (χ2v) is 7.42. The Bertz CT molecular complexity index is 805. The van der Waals surface area contributed by atoms with Crippen LogP contribution in [-0.4, -0.2) is 13.0 Å². The third-order valence-electron chi connectivity index (χ3n) is 3.91. The standard InChI is InChI=1S/C19H24O5S.Na/c1-2-3-4-5-6-8-15-11-12-19(18(20)13-15)24-16-9-7-10-17(14-16)25(21,22)23;/h7,9-14,20H,2-6,8H2,1H3,(H,21,22,23);/q;+1/p-1. The van der Waals surface area contributed by atoms with Crippen LogP contribution in [0.4, 0.5) is 0 Å². The molecule has 5 nitrogen and oxygen atoms in total. The summed E-state index contributed by atoms with van der Waals surface area (Å²) >= 11 is 0. The van der Waals surface area contributed by atoms with Crippen LogP contribution in [0.1, 0.15) is 44.6 Å². The van der Waals surface area contributed by atoms with Crippen LogP contribution in [0.15, 0.2) is 47.4 Å². The van der Waals surface area contributed by atoms with Crippen molar-refractivity contribution < 1.29 is 52.4 Å². The van der Waals surface area contributed by atoms with E-state index in [-0.39, 0.29) is 51.7 Å². The molecule has 0 aliphatic heterocycles. The minimum absolute atomic E-state index is 0. The van der Waals surface area contributed by atoms with Gasteiger partial charge in [0.15, 0.2) is 0 Å². The van der Waals surface area contributed by atoms with Crippen LogP contribution in [0, 0.1) is 0 Å². The molecule has 2 rings (SSSR count). The summed E-state index contributed by atoms with van der Waals surface area (Å²) in [6.45, 7) is 2.17. The number of hydrogen-bond donors (Lipinski definition) is 1. The first-order chi connectivity index (χ1) is 11.9. The average Bonchev–Trinajstić information content (AvgIpc) is 2.56. The molecular formula is C19H23NaO5S. The van der Waals surface area contributed by atoms with E-state index < -0.39 is 10.1 Å². The van der Waals surface area contributed by atoms with Crippen LogP contribution < -0.4 is 39.4 Å². The van der Waals surface area contributed by atoms with Crippen LogP contribution in [0.3, 0.4) is 0 Å². The van der Waals surface area contributed by atoms with Gasteiger partial charge < -0.3 is 9.84 Å². The first-order valence-corrected chi connectivity index (χ1v) is 9.89. The zero-order valence-corrected chi connectivity index (χ0v) is 18.1. The fourth-order valence-corrected chi connectivity index (χ4v) is 3.07. The van der Waals surface area contributed by atoms with Gasteiger partial charge in [-0.05, 0) is 36.6 Å². The molecule has 2 aromatic rings. The number of ether oxygens (including phenoxy) is 1. The topological polar surface area (TPSA) is 86.7 Å². The Hall–Kier alpha value is -1.05. The Morgan fingerprint density at radius 1 is 1.04 bits per heavy atom. The SMILES string of the molecule is CCCCCCCc1ccc(Oc2cccc(S(=O)(=O)O)c2)c([O-])c1.[Na+]. The van der Waals surface area contributed by atoms with E-state index in [4.69, 9.17) is 9.29 Å². The van der Waals surface area contributed by atoms with Gasteiger partial charge in [0.1, 0.15) is 11.5 Å². The van der Waals surface area contributed by atoms with Gasteiger partial charge in [-0.3, -0.25) is 4.55 Å². The molecule has 0 spiro atoms. The van der Waals surface area contributed by atoms with E-state index in [0.29, 0.717) is 0 Å². The maximum absolute atomic E-state index is 12.2. The van der Waals surface area contributed by atoms with Crippen molar-refractivity contribution >= 4 is 10.1 Å². The maximum Gasteiger partial charge on any atom is 1.00 e. The van der Waals surface area contributed by atoms with Gasteiger partial charge >= 0.3 is 29.6 Å². The van der Waals surface area contributed by atoms with Gasteiger partial charge in [0.25, 0.3) is 10.1 Å². The normalized spacial score (nSPS) is 11.0. The van der Waals surface area contributed by atoms with Crippen molar-refractivity contribution in [1.82, 2.24) is 0 Å². The van der Waals surface area contributed by atoms with Gasteiger partial charge in [0, 0.05) is 6.07 Å². The summed E-state index contributed by atoms with van der Waals surface area (Å²) in [5.41, 5.74) is 0.973. The van der Waals surface area contributed by atoms with Crippen molar-refractivity contribution in [2.45, 2.75) is 50.3 Å². The molecule has 0 bridgehead atoms. The second-order valence-electron chi connectivity index (χ2n) is 6.00. The molecule has 26 heavy (non-hydrogen) atoms. The summed E-state index contributed by atoms with van der Waals surface area (Å²) in [6.07, 6.45) is 6.72. The van der Waals surface area contributed by atoms with Crippen molar-refractivity contribution in [3.05, 3.63) is 48.0 Å². The second kappa shape index (κ2) is 10.9. The van der Waals surface area contributed by atoms with Gasteiger partial charge in [0.2, 0.25) is 0 Å². The smallest absolute Gasteiger partial charge is 0.870 e. The van der Waals surface area contributed by atoms with Crippen LogP contribution in [0.5, 0.6) is 17.2 Å². The summed E-state index contributed by atoms with van der Waals surface area (Å²) in [5.74, 6) is 0.0603. The van der Waals surface area contributed by atoms with Crippen LogP contribution >= 0.6 is 0 Å². The molecule has 0 unspecified atom stereocenters. The van der Waals surface area contributed by atoms with Gasteiger partial charge in [0.05, 0.1) is 4.90 Å². The number of hydrogen-bond acceptors (Lipinski definition) is 4. The molecule has 0 radical (unpaired) electrons. The first kappa shape index (κ1) is 23.0. The van der Waals surface area contributed by atoms with E-state index in [1.54, 1.807) is 12.1 Å². The monoisotopic (exact) mass is 386 g/mol. The molecule has 2 aromatic carbocycles. The number of aryl methyl sites for hydroxylation is 1. The fourth-order valence-electron chi connectivity index (χ4n) is 2.55. The minimum Gasteiger partial charge on any atom is -0.870 e. The zero-order valence-electron chi connectivity index (χ0n) is 15.3. The van der Waals surface area contributed by atoms with Crippen LogP contribution in [-0.2, 0) is 16.5 Å². The fraction of sp³-hybridized carbons (Fsp3) is 0.368. The minimum atomic E-state index is -4.31. The molecule has 136 valence electrons. The summed E-state index contributed by atoms with van der Waals surface area (Å²) < 4.78 is 36.8. The Balaban J connectivity index is 0.00000338. The van der Waals surface area contributed by atoms with Crippen LogP contribution in [0.2, 0.25) is 0 Å². The molecule has 7 heteroatoms. The average molecular weight is 386 g/mol. The predicted octanol–water partition coefficient (Wildman–Crippen LogP) is 1.32. The van der Waals surface area contributed by atoms with Crippen molar-refractivity contribution in [2.75, 3.05) is 0 Å². The molecule has 0 aliphatic rings. The van der Waals surface area contributed by atoms with Gasteiger partial charge in [-0.2, -0.15) is 8.42 Å². The zero-order chi connectivity index (χ0) is 18.3. The molecule has 0 amide bonds. The predicted molar refractivity (Wildman–Crippen MR) is 94.7 cm³/mol. The Labute approximate surface area is 177 Å². The van der Waals surface area contributed by atoms with E-state index in [2.05, 4.69) is 6.92 Å². The van der Waals surface area contributed by atoms with E-state index >= 15 is 0 Å². The summed E-state index contributed by atoms with van der Waals surface area (Å²) in [7, 11) is -4.31. The van der Waals surface area contributed by atoms with Gasteiger partial charge in [-0.15, -0.1) is 0 Å². The molecule has 0 aromatic heterocycles. The molecular weight excluding hydrogens is 363 g/mol. The molecule has 0 fully saturated rings. The number of unbranched alkanes of at least 4 members (excludes halogenated alkanes) is 4. The van der Waals surface area contributed by atoms with E-state index in [1.165, 1.54) is 43.5 Å². The van der Waals surface area contributed by atoms with Gasteiger partial charge in [-0.1, -0.05) is 56.6 Å². The first-order valence-electron chi connectivity index (χ1n) is 8.45. The van der Waals surface area contributed by atoms with Crippen molar-refractivity contribution in [2.24, 2.45) is 0 Å². The quantitative estimate of drug-likeness (QED) is 0.399. The molecule has 0 heterocycles. The molecule has 0 saturated heterocycles. The van der Waals surface area contributed by atoms with E-state index in [0.717, 1.165) is 24.8 Å². The van der Waals surface area contributed by atoms with Gasteiger partial charge in [-0.25, -0.2) is 0 Å². The molecule has 0 atom stereocenters. The van der Waals surface area contributed by atoms with Crippen molar-refractivity contribution in [1.29, 1.82) is 0 Å². The summed E-state index contributed by atoms with van der Waals surface area (Å²) in [6, 6.07) is 10.4. The van der Waals surface area contributed by atoms with E-state index in [1.807, 2.05) is 6.07 Å². The maximum atomic E-state index is 12.2. The molecule has 0 saturated carbocycles. The van der Waals surface area contributed by atoms with Crippen molar-refractivity contribution in [3.63, 3.8) is 0 Å². The Morgan fingerprint density at radius 3 is 2.42 bits per heavy atom. The largest absolute Gasteiger partial charge is 1.00 e. The third-order valence-corrected chi connectivity index (χ3v) is 4.76. The number of rotatable bonds is 9. The summed E-state index contributed by atoms with van der Waals surface area (Å²) in [4.78, 5) is -0.277. The summed E-state index contributed by atoms with van der Waals surface area (Å²) in [5, 5.41) is 12.2.